The van der Waals surface area contributed by atoms with Gasteiger partial charge >= 0.3 is 12.1 Å². The largest absolute Gasteiger partial charge is 0.471 e. The van der Waals surface area contributed by atoms with E-state index >= 15 is 0 Å². The average Bonchev–Trinajstić information content (AvgIpc) is 3.07. The summed E-state index contributed by atoms with van der Waals surface area (Å²) in [5.74, 6) is -3.17. The van der Waals surface area contributed by atoms with E-state index in [2.05, 4.69) is 30.6 Å². The molecule has 0 aliphatic heterocycles. The SMILES string of the molecule is CCOCCOCCOCCOCCNC(=O)CC[C@@H](C)NC(=O)c1ccc(N(Cc2cnc3nc(N)[nH]c(=O)c3n2)C(=O)C(F)(F)F)cc1. The van der Waals surface area contributed by atoms with Gasteiger partial charge in [0.1, 0.15) is 0 Å². The third-order valence-electron chi connectivity index (χ3n) is 6.81. The second kappa shape index (κ2) is 20.1. The van der Waals surface area contributed by atoms with E-state index in [9.17, 15) is 32.3 Å². The number of aromatic nitrogens is 4. The van der Waals surface area contributed by atoms with Crippen molar-refractivity contribution in [2.24, 2.45) is 0 Å². The molecule has 2 heterocycles. The molecule has 5 N–H and O–H groups in total. The van der Waals surface area contributed by atoms with Gasteiger partial charge in [-0.25, -0.2) is 9.97 Å². The first-order valence-electron chi connectivity index (χ1n) is 15.8. The van der Waals surface area contributed by atoms with Crippen molar-refractivity contribution in [2.45, 2.75) is 45.5 Å². The van der Waals surface area contributed by atoms with Crippen LogP contribution in [0.4, 0.5) is 24.8 Å². The molecule has 0 unspecified atom stereocenters. The standard InChI is InChI=1S/C31H41F3N8O8/c1-3-47-12-13-49-16-17-50-15-14-48-11-10-36-24(43)9-4-20(2)38-27(44)21-5-7-23(8-6-21)42(29(46)31(32,33)34)19-22-18-37-26-25(39-22)28(45)41-30(35)40-26/h5-8,18,20H,3-4,9-17,19H2,1-2H3,(H,36,43)(H,38,44)(H3,35,37,40,41,45)/t20-/m1/s1. The average molecular weight is 711 g/mol. The lowest BCUT2D eigenvalue weighted by molar-refractivity contribution is -0.170. The van der Waals surface area contributed by atoms with E-state index in [0.717, 1.165) is 6.20 Å². The number of aromatic amines is 1. The maximum atomic E-state index is 13.5. The van der Waals surface area contributed by atoms with Gasteiger partial charge in [-0.3, -0.25) is 29.1 Å². The van der Waals surface area contributed by atoms with Gasteiger partial charge in [-0.1, -0.05) is 0 Å². The quantitative estimate of drug-likeness (QED) is 0.116. The zero-order valence-corrected chi connectivity index (χ0v) is 27.7. The number of anilines is 2. The fourth-order valence-corrected chi connectivity index (χ4v) is 4.32. The summed E-state index contributed by atoms with van der Waals surface area (Å²) in [6.45, 7) is 6.91. The van der Waals surface area contributed by atoms with Gasteiger partial charge in [0.2, 0.25) is 11.9 Å². The van der Waals surface area contributed by atoms with Crippen LogP contribution >= 0.6 is 0 Å². The Bertz CT molecular complexity index is 1610. The van der Waals surface area contributed by atoms with Gasteiger partial charge < -0.3 is 35.3 Å². The van der Waals surface area contributed by atoms with Crippen molar-refractivity contribution in [3.8, 4) is 0 Å². The maximum Gasteiger partial charge on any atom is 0.471 e. The molecule has 0 saturated carbocycles. The number of rotatable bonds is 21. The first-order valence-corrected chi connectivity index (χ1v) is 15.8. The lowest BCUT2D eigenvalue weighted by atomic mass is 10.1. The van der Waals surface area contributed by atoms with Gasteiger partial charge in [-0.15, -0.1) is 0 Å². The molecular formula is C31H41F3N8O8. The molecule has 50 heavy (non-hydrogen) atoms. The lowest BCUT2D eigenvalue weighted by Gasteiger charge is -2.24. The number of H-pyrrole nitrogens is 1. The number of ether oxygens (including phenoxy) is 4. The summed E-state index contributed by atoms with van der Waals surface area (Å²) in [6, 6.07) is 4.45. The van der Waals surface area contributed by atoms with Gasteiger partial charge in [0.25, 0.3) is 11.5 Å². The number of nitrogens with two attached hydrogens (primary N) is 1. The summed E-state index contributed by atoms with van der Waals surface area (Å²) in [5.41, 5.74) is 4.13. The maximum absolute atomic E-state index is 13.5. The Balaban J connectivity index is 1.42. The second-order valence-electron chi connectivity index (χ2n) is 10.7. The Morgan fingerprint density at radius 2 is 1.58 bits per heavy atom. The Morgan fingerprint density at radius 3 is 2.20 bits per heavy atom. The molecule has 1 aromatic carbocycles. The number of benzene rings is 1. The molecule has 0 aliphatic rings. The monoisotopic (exact) mass is 710 g/mol. The van der Waals surface area contributed by atoms with Crippen molar-refractivity contribution in [3.63, 3.8) is 0 Å². The molecule has 3 rings (SSSR count). The fraction of sp³-hybridized carbons (Fsp3) is 0.516. The molecule has 274 valence electrons. The van der Waals surface area contributed by atoms with Crippen LogP contribution in [0.3, 0.4) is 0 Å². The highest BCUT2D eigenvalue weighted by molar-refractivity contribution is 5.98. The number of halogens is 3. The molecule has 3 aromatic rings. The van der Waals surface area contributed by atoms with Crippen molar-refractivity contribution in [1.29, 1.82) is 0 Å². The second-order valence-corrected chi connectivity index (χ2v) is 10.7. The number of nitrogen functional groups attached to an aromatic ring is 1. The number of hydrogen-bond donors (Lipinski definition) is 4. The first-order chi connectivity index (χ1) is 23.9. The number of hydrogen-bond acceptors (Lipinski definition) is 12. The van der Waals surface area contributed by atoms with Gasteiger partial charge in [-0.05, 0) is 44.5 Å². The van der Waals surface area contributed by atoms with E-state index in [0.29, 0.717) is 70.7 Å². The molecule has 2 aromatic heterocycles. The van der Waals surface area contributed by atoms with Crippen LogP contribution in [0.1, 0.15) is 42.7 Å². The summed E-state index contributed by atoms with van der Waals surface area (Å²) in [4.78, 5) is 63.8. The minimum atomic E-state index is -5.24. The molecule has 19 heteroatoms. The number of nitrogens with one attached hydrogen (secondary N) is 3. The molecule has 16 nitrogen and oxygen atoms in total. The number of carbonyl (C=O) groups excluding carboxylic acids is 3. The molecule has 0 saturated heterocycles. The zero-order chi connectivity index (χ0) is 36.5. The summed E-state index contributed by atoms with van der Waals surface area (Å²) in [7, 11) is 0. The molecular weight excluding hydrogens is 669 g/mol. The highest BCUT2D eigenvalue weighted by atomic mass is 19.4. The fourth-order valence-electron chi connectivity index (χ4n) is 4.32. The van der Waals surface area contributed by atoms with Crippen LogP contribution < -0.4 is 26.8 Å². The van der Waals surface area contributed by atoms with Crippen molar-refractivity contribution >= 4 is 40.5 Å². The minimum absolute atomic E-state index is 0.111. The van der Waals surface area contributed by atoms with Crippen LogP contribution in [0.25, 0.3) is 11.2 Å². The van der Waals surface area contributed by atoms with E-state index in [1.54, 1.807) is 6.92 Å². The third-order valence-corrected chi connectivity index (χ3v) is 6.81. The van der Waals surface area contributed by atoms with Crippen molar-refractivity contribution in [3.05, 3.63) is 52.1 Å². The summed E-state index contributed by atoms with van der Waals surface area (Å²) >= 11 is 0. The van der Waals surface area contributed by atoms with Gasteiger partial charge in [-0.2, -0.15) is 18.2 Å². The van der Waals surface area contributed by atoms with Crippen molar-refractivity contribution in [1.82, 2.24) is 30.6 Å². The number of amides is 3. The normalized spacial score (nSPS) is 12.1. The zero-order valence-electron chi connectivity index (χ0n) is 27.7. The molecule has 0 bridgehead atoms. The minimum Gasteiger partial charge on any atom is -0.379 e. The van der Waals surface area contributed by atoms with E-state index < -0.39 is 36.1 Å². The van der Waals surface area contributed by atoms with E-state index in [1.165, 1.54) is 24.3 Å². The Morgan fingerprint density at radius 1 is 0.960 bits per heavy atom. The van der Waals surface area contributed by atoms with Crippen LogP contribution in [-0.2, 0) is 35.1 Å². The van der Waals surface area contributed by atoms with Gasteiger partial charge in [0.15, 0.2) is 11.2 Å². The van der Waals surface area contributed by atoms with Crippen LogP contribution in [0.5, 0.6) is 0 Å². The van der Waals surface area contributed by atoms with Crippen molar-refractivity contribution < 1.29 is 46.5 Å². The highest BCUT2D eigenvalue weighted by Gasteiger charge is 2.43. The van der Waals surface area contributed by atoms with Gasteiger partial charge in [0.05, 0.1) is 64.7 Å². The molecule has 0 aliphatic carbocycles. The van der Waals surface area contributed by atoms with Crippen LogP contribution in [0.15, 0.2) is 35.3 Å². The van der Waals surface area contributed by atoms with Crippen LogP contribution in [-0.4, -0.2) is 109 Å². The lowest BCUT2D eigenvalue weighted by Crippen LogP contribution is -2.41. The summed E-state index contributed by atoms with van der Waals surface area (Å²) in [6.07, 6.45) is -3.71. The first kappa shape index (κ1) is 39.7. The summed E-state index contributed by atoms with van der Waals surface area (Å²) in [5, 5.41) is 5.46. The molecule has 1 atom stereocenters. The topological polar surface area (TPSA) is 213 Å². The van der Waals surface area contributed by atoms with Gasteiger partial charge in [0, 0.05) is 36.9 Å². The van der Waals surface area contributed by atoms with E-state index in [1.807, 2.05) is 6.92 Å². The third kappa shape index (κ3) is 13.3. The predicted molar refractivity (Wildman–Crippen MR) is 174 cm³/mol. The molecule has 0 fully saturated rings. The van der Waals surface area contributed by atoms with E-state index in [-0.39, 0.29) is 46.4 Å². The highest BCUT2D eigenvalue weighted by Crippen LogP contribution is 2.26. The van der Waals surface area contributed by atoms with E-state index in [4.69, 9.17) is 24.7 Å². The van der Waals surface area contributed by atoms with Crippen LogP contribution in [0.2, 0.25) is 0 Å². The number of alkyl halides is 3. The Kier molecular flexibility index (Phi) is 15.9. The van der Waals surface area contributed by atoms with Crippen molar-refractivity contribution in [2.75, 3.05) is 70.0 Å². The smallest absolute Gasteiger partial charge is 0.379 e. The number of fused-ring (bicyclic) bond motifs is 1. The number of nitrogens with zero attached hydrogens (tertiary/aromatic N) is 4. The predicted octanol–water partition coefficient (Wildman–Crippen LogP) is 1.49. The molecule has 0 spiro atoms. The van der Waals surface area contributed by atoms with Crippen LogP contribution in [0, 0.1) is 0 Å². The number of carbonyl (C=O) groups is 3. The molecule has 3 amide bonds. The summed E-state index contributed by atoms with van der Waals surface area (Å²) < 4.78 is 61.8. The molecule has 0 radical (unpaired) electrons. The Labute approximate surface area is 285 Å². The Hall–Kier alpha value is -4.72.